The van der Waals surface area contributed by atoms with Gasteiger partial charge in [0.25, 0.3) is 5.91 Å². The van der Waals surface area contributed by atoms with E-state index in [1.165, 1.54) is 16.2 Å². The Morgan fingerprint density at radius 3 is 2.61 bits per heavy atom. The number of thiazole rings is 1. The first-order chi connectivity index (χ1) is 8.47. The first kappa shape index (κ1) is 13.0. The SMILES string of the molecule is Cc1nc(C)c(C(=O)N(C)CC(=O)NC2CC2)s1. The minimum atomic E-state index is -0.135. The second-order valence-electron chi connectivity index (χ2n) is 4.65. The van der Waals surface area contributed by atoms with Gasteiger partial charge in [0.1, 0.15) is 4.88 Å². The molecule has 1 aliphatic carbocycles. The number of hydrogen-bond acceptors (Lipinski definition) is 4. The van der Waals surface area contributed by atoms with Gasteiger partial charge in [-0.05, 0) is 26.7 Å². The van der Waals surface area contributed by atoms with Gasteiger partial charge < -0.3 is 10.2 Å². The number of carbonyl (C=O) groups excluding carboxylic acids is 2. The number of nitrogens with one attached hydrogen (secondary N) is 1. The molecule has 0 bridgehead atoms. The molecule has 6 heteroatoms. The molecule has 0 unspecified atom stereocenters. The summed E-state index contributed by atoms with van der Waals surface area (Å²) < 4.78 is 0. The summed E-state index contributed by atoms with van der Waals surface area (Å²) >= 11 is 1.37. The van der Waals surface area contributed by atoms with Crippen LogP contribution in [-0.4, -0.2) is 41.3 Å². The molecule has 1 aliphatic rings. The van der Waals surface area contributed by atoms with Crippen molar-refractivity contribution in [1.29, 1.82) is 0 Å². The van der Waals surface area contributed by atoms with Crippen molar-refractivity contribution in [1.82, 2.24) is 15.2 Å². The smallest absolute Gasteiger partial charge is 0.266 e. The molecule has 0 radical (unpaired) electrons. The van der Waals surface area contributed by atoms with Gasteiger partial charge in [0.15, 0.2) is 0 Å². The van der Waals surface area contributed by atoms with Gasteiger partial charge in [-0.15, -0.1) is 11.3 Å². The Hall–Kier alpha value is -1.43. The van der Waals surface area contributed by atoms with Gasteiger partial charge in [0.2, 0.25) is 5.91 Å². The summed E-state index contributed by atoms with van der Waals surface area (Å²) in [4.78, 5) is 30.0. The maximum absolute atomic E-state index is 12.1. The van der Waals surface area contributed by atoms with Gasteiger partial charge in [-0.25, -0.2) is 4.98 Å². The lowest BCUT2D eigenvalue weighted by molar-refractivity contribution is -0.121. The van der Waals surface area contributed by atoms with Crippen LogP contribution in [0.2, 0.25) is 0 Å². The second kappa shape index (κ2) is 5.06. The zero-order valence-electron chi connectivity index (χ0n) is 10.8. The summed E-state index contributed by atoms with van der Waals surface area (Å²) in [6, 6.07) is 0.327. The molecule has 18 heavy (non-hydrogen) atoms. The minimum Gasteiger partial charge on any atom is -0.352 e. The summed E-state index contributed by atoms with van der Waals surface area (Å²) in [5.41, 5.74) is 0.733. The molecular formula is C12H17N3O2S. The van der Waals surface area contributed by atoms with Crippen molar-refractivity contribution in [3.63, 3.8) is 0 Å². The molecule has 98 valence electrons. The van der Waals surface area contributed by atoms with Gasteiger partial charge in [-0.2, -0.15) is 0 Å². The fourth-order valence-corrected chi connectivity index (χ4v) is 2.61. The summed E-state index contributed by atoms with van der Waals surface area (Å²) in [7, 11) is 1.64. The van der Waals surface area contributed by atoms with Gasteiger partial charge >= 0.3 is 0 Å². The zero-order chi connectivity index (χ0) is 13.3. The Labute approximate surface area is 110 Å². The van der Waals surface area contributed by atoms with E-state index in [-0.39, 0.29) is 18.4 Å². The Balaban J connectivity index is 1.95. The average Bonchev–Trinajstić information content (AvgIpc) is 3.01. The van der Waals surface area contributed by atoms with Crippen molar-refractivity contribution in [3.8, 4) is 0 Å². The summed E-state index contributed by atoms with van der Waals surface area (Å²) in [5.74, 6) is -0.226. The molecule has 0 saturated heterocycles. The van der Waals surface area contributed by atoms with E-state index in [2.05, 4.69) is 10.3 Å². The first-order valence-corrected chi connectivity index (χ1v) is 6.78. The predicted octanol–water partition coefficient (Wildman–Crippen LogP) is 1.11. The molecule has 0 aliphatic heterocycles. The molecule has 1 saturated carbocycles. The lowest BCUT2D eigenvalue weighted by Crippen LogP contribution is -2.39. The van der Waals surface area contributed by atoms with Gasteiger partial charge in [0, 0.05) is 13.1 Å². The van der Waals surface area contributed by atoms with Crippen LogP contribution in [0.1, 0.15) is 33.2 Å². The Morgan fingerprint density at radius 2 is 2.11 bits per heavy atom. The zero-order valence-corrected chi connectivity index (χ0v) is 11.6. The second-order valence-corrected chi connectivity index (χ2v) is 5.85. The lowest BCUT2D eigenvalue weighted by atomic mass is 10.3. The molecule has 2 amide bonds. The Kier molecular flexibility index (Phi) is 3.65. The number of rotatable bonds is 4. The van der Waals surface area contributed by atoms with Crippen molar-refractivity contribution in [2.45, 2.75) is 32.7 Å². The number of amides is 2. The minimum absolute atomic E-state index is 0.0905. The highest BCUT2D eigenvalue weighted by Gasteiger charge is 2.25. The van der Waals surface area contributed by atoms with E-state index in [1.54, 1.807) is 7.05 Å². The molecule has 0 aromatic carbocycles. The quantitative estimate of drug-likeness (QED) is 0.889. The number of hydrogen-bond donors (Lipinski definition) is 1. The normalized spacial score (nSPS) is 14.4. The van der Waals surface area contributed by atoms with Gasteiger partial charge in [0.05, 0.1) is 17.2 Å². The third kappa shape index (κ3) is 3.07. The Bertz CT molecular complexity index is 480. The molecule has 0 spiro atoms. The fourth-order valence-electron chi connectivity index (χ4n) is 1.69. The van der Waals surface area contributed by atoms with Crippen LogP contribution in [0.4, 0.5) is 0 Å². The standard InChI is InChI=1S/C12H17N3O2S/c1-7-11(18-8(2)13-7)12(17)15(3)6-10(16)14-9-4-5-9/h9H,4-6H2,1-3H3,(H,14,16). The third-order valence-electron chi connectivity index (χ3n) is 2.77. The first-order valence-electron chi connectivity index (χ1n) is 5.96. The molecular weight excluding hydrogens is 250 g/mol. The van der Waals surface area contributed by atoms with Crippen molar-refractivity contribution in [3.05, 3.63) is 15.6 Å². The van der Waals surface area contributed by atoms with E-state index in [0.29, 0.717) is 10.9 Å². The highest BCUT2D eigenvalue weighted by atomic mass is 32.1. The van der Waals surface area contributed by atoms with Crippen molar-refractivity contribution < 1.29 is 9.59 Å². The number of aryl methyl sites for hydroxylation is 2. The summed E-state index contributed by atoms with van der Waals surface area (Å²) in [6.45, 7) is 3.79. The van der Waals surface area contributed by atoms with Crippen LogP contribution in [0, 0.1) is 13.8 Å². The fraction of sp³-hybridized carbons (Fsp3) is 0.583. The Morgan fingerprint density at radius 1 is 1.44 bits per heavy atom. The van der Waals surface area contributed by atoms with Crippen LogP contribution in [0.5, 0.6) is 0 Å². The monoisotopic (exact) mass is 267 g/mol. The molecule has 1 aromatic heterocycles. The molecule has 1 fully saturated rings. The average molecular weight is 267 g/mol. The predicted molar refractivity (Wildman–Crippen MR) is 69.7 cm³/mol. The number of likely N-dealkylation sites (N-methyl/N-ethyl adjacent to an activating group) is 1. The third-order valence-corrected chi connectivity index (χ3v) is 3.83. The highest BCUT2D eigenvalue weighted by molar-refractivity contribution is 7.13. The van der Waals surface area contributed by atoms with Crippen LogP contribution in [0.3, 0.4) is 0 Å². The van der Waals surface area contributed by atoms with Crippen LogP contribution in [-0.2, 0) is 4.79 Å². The van der Waals surface area contributed by atoms with E-state index < -0.39 is 0 Å². The van der Waals surface area contributed by atoms with Gasteiger partial charge in [-0.1, -0.05) is 0 Å². The molecule has 2 rings (SSSR count). The van der Waals surface area contributed by atoms with Crippen molar-refractivity contribution in [2.75, 3.05) is 13.6 Å². The molecule has 1 aromatic rings. The van der Waals surface area contributed by atoms with Crippen LogP contribution in [0.15, 0.2) is 0 Å². The van der Waals surface area contributed by atoms with Crippen LogP contribution in [0.25, 0.3) is 0 Å². The van der Waals surface area contributed by atoms with Crippen molar-refractivity contribution in [2.24, 2.45) is 0 Å². The number of carbonyl (C=O) groups is 2. The van der Waals surface area contributed by atoms with E-state index in [4.69, 9.17) is 0 Å². The molecule has 1 heterocycles. The van der Waals surface area contributed by atoms with E-state index >= 15 is 0 Å². The maximum Gasteiger partial charge on any atom is 0.266 e. The van der Waals surface area contributed by atoms with E-state index in [1.807, 2.05) is 13.8 Å². The van der Waals surface area contributed by atoms with Crippen molar-refractivity contribution >= 4 is 23.2 Å². The number of aromatic nitrogens is 1. The molecule has 5 nitrogen and oxygen atoms in total. The summed E-state index contributed by atoms with van der Waals surface area (Å²) in [6.07, 6.45) is 2.10. The van der Waals surface area contributed by atoms with E-state index in [0.717, 1.165) is 23.5 Å². The lowest BCUT2D eigenvalue weighted by Gasteiger charge is -2.15. The van der Waals surface area contributed by atoms with E-state index in [9.17, 15) is 9.59 Å². The highest BCUT2D eigenvalue weighted by Crippen LogP contribution is 2.20. The molecule has 0 atom stereocenters. The topological polar surface area (TPSA) is 62.3 Å². The van der Waals surface area contributed by atoms with Crippen LogP contribution < -0.4 is 5.32 Å². The maximum atomic E-state index is 12.1. The number of nitrogens with zero attached hydrogens (tertiary/aromatic N) is 2. The van der Waals surface area contributed by atoms with Gasteiger partial charge in [-0.3, -0.25) is 9.59 Å². The molecule has 1 N–H and O–H groups in total. The largest absolute Gasteiger partial charge is 0.352 e. The van der Waals surface area contributed by atoms with Crippen LogP contribution >= 0.6 is 11.3 Å². The summed E-state index contributed by atoms with van der Waals surface area (Å²) in [5, 5.41) is 3.73.